The fourth-order valence-electron chi connectivity index (χ4n) is 3.27. The maximum Gasteiger partial charge on any atom is 0.287 e. The summed E-state index contributed by atoms with van der Waals surface area (Å²) in [6.07, 6.45) is 4.88. The Kier molecular flexibility index (Phi) is 4.38. The summed E-state index contributed by atoms with van der Waals surface area (Å²) >= 11 is 1.63. The molecule has 0 radical (unpaired) electrons. The van der Waals surface area contributed by atoms with E-state index in [-0.39, 0.29) is 5.69 Å². The van der Waals surface area contributed by atoms with Gasteiger partial charge in [-0.1, -0.05) is 6.92 Å². The molecule has 0 atom stereocenters. The Hall–Kier alpha value is -2.53. The number of pyridine rings is 2. The van der Waals surface area contributed by atoms with E-state index in [1.807, 2.05) is 24.6 Å². The largest absolute Gasteiger partial charge is 0.325 e. The number of alkyl halides is 2. The van der Waals surface area contributed by atoms with E-state index in [0.29, 0.717) is 22.6 Å². The van der Waals surface area contributed by atoms with Gasteiger partial charge in [-0.25, -0.2) is 4.98 Å². The number of imidazole rings is 1. The highest BCUT2D eigenvalue weighted by atomic mass is 32.2. The second kappa shape index (κ2) is 6.52. The minimum atomic E-state index is -3.02. The third kappa shape index (κ3) is 3.04. The number of fused-ring (bicyclic) bond motifs is 1. The van der Waals surface area contributed by atoms with Crippen LogP contribution in [0.4, 0.5) is 8.78 Å². The van der Waals surface area contributed by atoms with E-state index in [2.05, 4.69) is 21.0 Å². The first-order valence-corrected chi connectivity index (χ1v) is 10.0. The topological polar surface area (TPSA) is 67.4 Å². The van der Waals surface area contributed by atoms with Crippen molar-refractivity contribution in [1.82, 2.24) is 19.5 Å². The lowest BCUT2D eigenvalue weighted by atomic mass is 9.99. The van der Waals surface area contributed by atoms with Crippen molar-refractivity contribution in [3.8, 4) is 17.6 Å². The molecule has 0 saturated heterocycles. The zero-order valence-electron chi connectivity index (χ0n) is 15.8. The predicted octanol–water partition coefficient (Wildman–Crippen LogP) is 4.81. The number of hydrogen-bond donors (Lipinski definition) is 0. The maximum absolute atomic E-state index is 13.6. The molecule has 3 heterocycles. The van der Waals surface area contributed by atoms with Crippen molar-refractivity contribution < 1.29 is 8.78 Å². The molecule has 3 aromatic heterocycles. The fraction of sp³-hybridized carbons (Fsp3) is 0.400. The third-order valence-electron chi connectivity index (χ3n) is 5.10. The van der Waals surface area contributed by atoms with Crippen LogP contribution in [-0.4, -0.2) is 25.3 Å². The minimum Gasteiger partial charge on any atom is -0.325 e. The van der Waals surface area contributed by atoms with Gasteiger partial charge < -0.3 is 4.57 Å². The second-order valence-electron chi connectivity index (χ2n) is 7.14. The predicted molar refractivity (Wildman–Crippen MR) is 104 cm³/mol. The molecule has 1 aliphatic rings. The van der Waals surface area contributed by atoms with Crippen molar-refractivity contribution in [2.75, 3.05) is 5.75 Å². The smallest absolute Gasteiger partial charge is 0.287 e. The summed E-state index contributed by atoms with van der Waals surface area (Å²) in [5, 5.41) is 9.48. The average molecular weight is 399 g/mol. The van der Waals surface area contributed by atoms with Crippen molar-refractivity contribution in [3.05, 3.63) is 35.8 Å². The molecule has 144 valence electrons. The van der Waals surface area contributed by atoms with Gasteiger partial charge in [0.25, 0.3) is 5.92 Å². The molecule has 1 saturated carbocycles. The van der Waals surface area contributed by atoms with Crippen molar-refractivity contribution >= 4 is 22.8 Å². The van der Waals surface area contributed by atoms with Gasteiger partial charge in [-0.15, -0.1) is 11.8 Å². The Balaban J connectivity index is 1.85. The highest BCUT2D eigenvalue weighted by molar-refractivity contribution is 7.99. The SMILES string of the molecule is CCSc1cc(C2(C#N)CC2)cnc1-c1nc2cc(C(C)(F)F)ncc2n1C. The molecule has 1 fully saturated rings. The number of nitrogens with zero attached hydrogens (tertiary/aromatic N) is 5. The molecular formula is C20H19F2N5S. The van der Waals surface area contributed by atoms with E-state index >= 15 is 0 Å². The summed E-state index contributed by atoms with van der Waals surface area (Å²) in [6, 6.07) is 5.75. The lowest BCUT2D eigenvalue weighted by molar-refractivity contribution is 0.0129. The van der Waals surface area contributed by atoms with Crippen molar-refractivity contribution in [1.29, 1.82) is 5.26 Å². The molecule has 0 spiro atoms. The normalized spacial score (nSPS) is 15.6. The van der Waals surface area contributed by atoms with Gasteiger partial charge in [0.05, 0.1) is 28.7 Å². The summed E-state index contributed by atoms with van der Waals surface area (Å²) in [6.45, 7) is 2.87. The Labute approximate surface area is 165 Å². The standard InChI is InChI=1S/C20H19F2N5S/c1-4-28-15-7-12(20(11-23)5-6-20)9-25-17(15)18-26-13-8-16(19(2,21)22)24-10-14(13)27(18)3/h7-10H,4-6H2,1-3H3. The highest BCUT2D eigenvalue weighted by Gasteiger charge is 2.45. The van der Waals surface area contributed by atoms with Crippen LogP contribution in [0.25, 0.3) is 22.6 Å². The van der Waals surface area contributed by atoms with Crippen LogP contribution in [0.2, 0.25) is 0 Å². The lowest BCUT2D eigenvalue weighted by Gasteiger charge is -2.12. The number of halogens is 2. The molecule has 4 rings (SSSR count). The molecule has 0 aromatic carbocycles. The van der Waals surface area contributed by atoms with Crippen molar-refractivity contribution in [2.24, 2.45) is 7.05 Å². The Morgan fingerprint density at radius 3 is 2.64 bits per heavy atom. The second-order valence-corrected chi connectivity index (χ2v) is 8.44. The number of nitriles is 1. The van der Waals surface area contributed by atoms with E-state index in [1.54, 1.807) is 18.0 Å². The van der Waals surface area contributed by atoms with Crippen LogP contribution >= 0.6 is 11.8 Å². The molecule has 0 aliphatic heterocycles. The number of rotatable bonds is 5. The summed E-state index contributed by atoms with van der Waals surface area (Å²) in [5.74, 6) is -1.59. The summed E-state index contributed by atoms with van der Waals surface area (Å²) < 4.78 is 29.1. The first-order chi connectivity index (χ1) is 13.3. The molecular weight excluding hydrogens is 380 g/mol. The zero-order chi connectivity index (χ0) is 20.1. The number of thioether (sulfide) groups is 1. The van der Waals surface area contributed by atoms with Gasteiger partial charge in [0, 0.05) is 25.1 Å². The first-order valence-electron chi connectivity index (χ1n) is 9.05. The van der Waals surface area contributed by atoms with E-state index in [1.165, 1.54) is 12.3 Å². The van der Waals surface area contributed by atoms with E-state index in [0.717, 1.165) is 36.0 Å². The summed E-state index contributed by atoms with van der Waals surface area (Å²) in [4.78, 5) is 14.0. The molecule has 0 amide bonds. The molecule has 3 aromatic rings. The molecule has 0 unspecified atom stereocenters. The van der Waals surface area contributed by atoms with Gasteiger partial charge in [0.1, 0.15) is 11.4 Å². The average Bonchev–Trinajstić information content (AvgIpc) is 3.40. The van der Waals surface area contributed by atoms with Crippen LogP contribution in [0.15, 0.2) is 29.4 Å². The maximum atomic E-state index is 13.6. The minimum absolute atomic E-state index is 0.305. The fourth-order valence-corrected chi connectivity index (χ4v) is 4.07. The Morgan fingerprint density at radius 2 is 2.04 bits per heavy atom. The van der Waals surface area contributed by atoms with Gasteiger partial charge in [-0.3, -0.25) is 9.97 Å². The molecule has 1 aliphatic carbocycles. The van der Waals surface area contributed by atoms with E-state index in [4.69, 9.17) is 0 Å². The number of aromatic nitrogens is 4. The Bertz CT molecular complexity index is 1110. The highest BCUT2D eigenvalue weighted by Crippen LogP contribution is 2.48. The van der Waals surface area contributed by atoms with Crippen LogP contribution in [0.3, 0.4) is 0 Å². The van der Waals surface area contributed by atoms with Gasteiger partial charge in [-0.2, -0.15) is 14.0 Å². The van der Waals surface area contributed by atoms with Crippen molar-refractivity contribution in [3.63, 3.8) is 0 Å². The lowest BCUT2D eigenvalue weighted by Crippen LogP contribution is -2.09. The molecule has 0 bridgehead atoms. The van der Waals surface area contributed by atoms with Gasteiger partial charge in [-0.05, 0) is 36.3 Å². The molecule has 0 N–H and O–H groups in total. The quantitative estimate of drug-likeness (QED) is 0.576. The van der Waals surface area contributed by atoms with Crippen LogP contribution in [0, 0.1) is 11.3 Å². The molecule has 5 nitrogen and oxygen atoms in total. The van der Waals surface area contributed by atoms with Crippen LogP contribution in [0.5, 0.6) is 0 Å². The van der Waals surface area contributed by atoms with Crippen LogP contribution < -0.4 is 0 Å². The monoisotopic (exact) mass is 399 g/mol. The first kappa shape index (κ1) is 18.8. The van der Waals surface area contributed by atoms with Gasteiger partial charge in [0.2, 0.25) is 0 Å². The number of aryl methyl sites for hydroxylation is 1. The van der Waals surface area contributed by atoms with Crippen molar-refractivity contribution in [2.45, 2.75) is 42.9 Å². The zero-order valence-corrected chi connectivity index (χ0v) is 16.6. The molecule has 28 heavy (non-hydrogen) atoms. The van der Waals surface area contributed by atoms with Gasteiger partial charge in [0.15, 0.2) is 5.82 Å². The summed E-state index contributed by atoms with van der Waals surface area (Å²) in [7, 11) is 1.82. The third-order valence-corrected chi connectivity index (χ3v) is 6.01. The number of hydrogen-bond acceptors (Lipinski definition) is 5. The molecule has 8 heteroatoms. The Morgan fingerprint density at radius 1 is 1.29 bits per heavy atom. The van der Waals surface area contributed by atoms with E-state index in [9.17, 15) is 14.0 Å². The van der Waals surface area contributed by atoms with Gasteiger partial charge >= 0.3 is 0 Å². The van der Waals surface area contributed by atoms with Crippen LogP contribution in [0.1, 0.15) is 37.9 Å². The van der Waals surface area contributed by atoms with Crippen LogP contribution in [-0.2, 0) is 18.4 Å². The summed E-state index contributed by atoms with van der Waals surface area (Å²) in [5.41, 5.74) is 2.03. The van der Waals surface area contributed by atoms with E-state index < -0.39 is 11.3 Å².